The summed E-state index contributed by atoms with van der Waals surface area (Å²) >= 11 is 0. The Hall–Kier alpha value is -1.62. The number of aromatic nitrogens is 1. The second kappa shape index (κ2) is 5.46. The van der Waals surface area contributed by atoms with E-state index in [1.54, 1.807) is 12.1 Å². The van der Waals surface area contributed by atoms with Gasteiger partial charge in [-0.1, -0.05) is 6.92 Å². The standard InChI is InChI=1S/C11H18N4O/c1-3-8(12)6-14-11-9(10(13)16)5-4-7(2)15-11/h4-5,8H,3,6,12H2,1-2H3,(H2,13,16)(H,14,15). The third kappa shape index (κ3) is 3.20. The Labute approximate surface area is 95.2 Å². The van der Waals surface area contributed by atoms with Crippen LogP contribution in [-0.4, -0.2) is 23.5 Å². The zero-order valence-electron chi connectivity index (χ0n) is 9.66. The minimum absolute atomic E-state index is 0.0445. The van der Waals surface area contributed by atoms with Crippen LogP contribution in [-0.2, 0) is 0 Å². The number of hydrogen-bond donors (Lipinski definition) is 3. The molecule has 0 aromatic carbocycles. The molecule has 1 heterocycles. The molecule has 0 spiro atoms. The van der Waals surface area contributed by atoms with Crippen LogP contribution in [0.4, 0.5) is 5.82 Å². The summed E-state index contributed by atoms with van der Waals surface area (Å²) in [6.45, 7) is 4.44. The number of amides is 1. The molecule has 1 aromatic rings. The Balaban J connectivity index is 2.84. The topological polar surface area (TPSA) is 94.0 Å². The molecule has 0 aliphatic rings. The van der Waals surface area contributed by atoms with Gasteiger partial charge in [0.2, 0.25) is 0 Å². The molecule has 16 heavy (non-hydrogen) atoms. The average Bonchev–Trinajstić information content (AvgIpc) is 2.25. The Morgan fingerprint density at radius 1 is 1.56 bits per heavy atom. The van der Waals surface area contributed by atoms with Gasteiger partial charge in [-0.3, -0.25) is 4.79 Å². The van der Waals surface area contributed by atoms with Crippen molar-refractivity contribution in [2.24, 2.45) is 11.5 Å². The molecule has 88 valence electrons. The van der Waals surface area contributed by atoms with Gasteiger partial charge in [-0.25, -0.2) is 4.98 Å². The van der Waals surface area contributed by atoms with Gasteiger partial charge in [-0.05, 0) is 25.5 Å². The van der Waals surface area contributed by atoms with Crippen molar-refractivity contribution in [1.82, 2.24) is 4.98 Å². The smallest absolute Gasteiger partial charge is 0.252 e. The second-order valence-corrected chi connectivity index (χ2v) is 3.76. The highest BCUT2D eigenvalue weighted by molar-refractivity contribution is 5.97. The summed E-state index contributed by atoms with van der Waals surface area (Å²) in [7, 11) is 0. The molecule has 0 saturated heterocycles. The van der Waals surface area contributed by atoms with Gasteiger partial charge in [0.1, 0.15) is 5.82 Å². The molecule has 0 aliphatic carbocycles. The number of carbonyl (C=O) groups is 1. The van der Waals surface area contributed by atoms with E-state index in [1.165, 1.54) is 0 Å². The molecule has 1 aromatic heterocycles. The predicted octanol–water partition coefficient (Wildman–Crippen LogP) is 0.638. The normalized spacial score (nSPS) is 12.2. The number of aryl methyl sites for hydroxylation is 1. The maximum absolute atomic E-state index is 11.2. The van der Waals surface area contributed by atoms with E-state index in [1.807, 2.05) is 13.8 Å². The van der Waals surface area contributed by atoms with Crippen molar-refractivity contribution in [3.05, 3.63) is 23.4 Å². The Morgan fingerprint density at radius 3 is 2.81 bits per heavy atom. The molecular weight excluding hydrogens is 204 g/mol. The minimum Gasteiger partial charge on any atom is -0.368 e. The lowest BCUT2D eigenvalue weighted by Crippen LogP contribution is -2.29. The van der Waals surface area contributed by atoms with Crippen LogP contribution in [0.15, 0.2) is 12.1 Å². The van der Waals surface area contributed by atoms with Crippen molar-refractivity contribution < 1.29 is 4.79 Å². The number of carbonyl (C=O) groups excluding carboxylic acids is 1. The van der Waals surface area contributed by atoms with Crippen LogP contribution in [0.3, 0.4) is 0 Å². The van der Waals surface area contributed by atoms with E-state index in [2.05, 4.69) is 10.3 Å². The van der Waals surface area contributed by atoms with Gasteiger partial charge < -0.3 is 16.8 Å². The summed E-state index contributed by atoms with van der Waals surface area (Å²) in [5, 5.41) is 3.05. The summed E-state index contributed by atoms with van der Waals surface area (Å²) < 4.78 is 0. The zero-order chi connectivity index (χ0) is 12.1. The van der Waals surface area contributed by atoms with Crippen LogP contribution in [0.25, 0.3) is 0 Å². The number of pyridine rings is 1. The molecule has 1 unspecified atom stereocenters. The number of primary amides is 1. The SMILES string of the molecule is CCC(N)CNc1nc(C)ccc1C(N)=O. The number of hydrogen-bond acceptors (Lipinski definition) is 4. The van der Waals surface area contributed by atoms with Crippen LogP contribution < -0.4 is 16.8 Å². The summed E-state index contributed by atoms with van der Waals surface area (Å²) in [5.74, 6) is 0.0245. The third-order valence-corrected chi connectivity index (χ3v) is 2.36. The van der Waals surface area contributed by atoms with Gasteiger partial charge in [0.25, 0.3) is 5.91 Å². The first kappa shape index (κ1) is 12.4. The lowest BCUT2D eigenvalue weighted by atomic mass is 10.2. The number of nitrogens with two attached hydrogens (primary N) is 2. The first-order valence-electron chi connectivity index (χ1n) is 5.31. The fraction of sp³-hybridized carbons (Fsp3) is 0.455. The van der Waals surface area contributed by atoms with Crippen LogP contribution in [0.5, 0.6) is 0 Å². The molecule has 0 fully saturated rings. The molecule has 0 aliphatic heterocycles. The van der Waals surface area contributed by atoms with Crippen LogP contribution >= 0.6 is 0 Å². The van der Waals surface area contributed by atoms with Gasteiger partial charge in [0.05, 0.1) is 5.56 Å². The predicted molar refractivity (Wildman–Crippen MR) is 64.2 cm³/mol. The number of nitrogens with zero attached hydrogens (tertiary/aromatic N) is 1. The molecule has 1 atom stereocenters. The van der Waals surface area contributed by atoms with Crippen molar-refractivity contribution in [2.45, 2.75) is 26.3 Å². The molecule has 5 heteroatoms. The molecule has 0 bridgehead atoms. The quantitative estimate of drug-likeness (QED) is 0.681. The Bertz CT molecular complexity index is 378. The summed E-state index contributed by atoms with van der Waals surface area (Å²) in [6.07, 6.45) is 0.866. The first-order chi connectivity index (χ1) is 7.54. The minimum atomic E-state index is -0.486. The van der Waals surface area contributed by atoms with E-state index in [0.717, 1.165) is 12.1 Å². The van der Waals surface area contributed by atoms with E-state index in [4.69, 9.17) is 11.5 Å². The lowest BCUT2D eigenvalue weighted by Gasteiger charge is -2.13. The van der Waals surface area contributed by atoms with Gasteiger partial charge in [0.15, 0.2) is 0 Å². The second-order valence-electron chi connectivity index (χ2n) is 3.76. The highest BCUT2D eigenvalue weighted by Crippen LogP contribution is 2.12. The van der Waals surface area contributed by atoms with Gasteiger partial charge in [-0.15, -0.1) is 0 Å². The van der Waals surface area contributed by atoms with Gasteiger partial charge in [-0.2, -0.15) is 0 Å². The first-order valence-corrected chi connectivity index (χ1v) is 5.31. The maximum atomic E-state index is 11.2. The molecule has 1 amide bonds. The van der Waals surface area contributed by atoms with Crippen molar-refractivity contribution in [1.29, 1.82) is 0 Å². The van der Waals surface area contributed by atoms with Crippen molar-refractivity contribution in [3.63, 3.8) is 0 Å². The fourth-order valence-electron chi connectivity index (χ4n) is 1.26. The van der Waals surface area contributed by atoms with E-state index < -0.39 is 5.91 Å². The molecular formula is C11H18N4O. The van der Waals surface area contributed by atoms with E-state index in [9.17, 15) is 4.79 Å². The van der Waals surface area contributed by atoms with E-state index >= 15 is 0 Å². The molecule has 0 radical (unpaired) electrons. The van der Waals surface area contributed by atoms with E-state index in [-0.39, 0.29) is 6.04 Å². The Morgan fingerprint density at radius 2 is 2.25 bits per heavy atom. The molecule has 5 N–H and O–H groups in total. The number of anilines is 1. The Kier molecular flexibility index (Phi) is 4.25. The largest absolute Gasteiger partial charge is 0.368 e. The highest BCUT2D eigenvalue weighted by atomic mass is 16.1. The summed E-state index contributed by atoms with van der Waals surface area (Å²) in [4.78, 5) is 15.4. The monoisotopic (exact) mass is 222 g/mol. The number of nitrogens with one attached hydrogen (secondary N) is 1. The van der Waals surface area contributed by atoms with Crippen molar-refractivity contribution in [3.8, 4) is 0 Å². The lowest BCUT2D eigenvalue weighted by molar-refractivity contribution is 0.100. The molecule has 0 saturated carbocycles. The van der Waals surface area contributed by atoms with Gasteiger partial charge in [0, 0.05) is 18.3 Å². The van der Waals surface area contributed by atoms with E-state index in [0.29, 0.717) is 17.9 Å². The highest BCUT2D eigenvalue weighted by Gasteiger charge is 2.10. The van der Waals surface area contributed by atoms with Crippen molar-refractivity contribution >= 4 is 11.7 Å². The van der Waals surface area contributed by atoms with Gasteiger partial charge >= 0.3 is 0 Å². The molecule has 5 nitrogen and oxygen atoms in total. The van der Waals surface area contributed by atoms with Crippen LogP contribution in [0.1, 0.15) is 29.4 Å². The maximum Gasteiger partial charge on any atom is 0.252 e. The third-order valence-electron chi connectivity index (χ3n) is 2.36. The van der Waals surface area contributed by atoms with Crippen LogP contribution in [0, 0.1) is 6.92 Å². The summed E-state index contributed by atoms with van der Waals surface area (Å²) in [5.41, 5.74) is 12.3. The molecule has 1 rings (SSSR count). The van der Waals surface area contributed by atoms with Crippen LogP contribution in [0.2, 0.25) is 0 Å². The average molecular weight is 222 g/mol. The van der Waals surface area contributed by atoms with Crippen molar-refractivity contribution in [2.75, 3.05) is 11.9 Å². The fourth-order valence-corrected chi connectivity index (χ4v) is 1.26. The zero-order valence-corrected chi connectivity index (χ0v) is 9.66. The summed E-state index contributed by atoms with van der Waals surface area (Å²) in [6, 6.07) is 3.47. The number of rotatable bonds is 5.